The summed E-state index contributed by atoms with van der Waals surface area (Å²) in [5.41, 5.74) is 2.53. The van der Waals surface area contributed by atoms with Crippen LogP contribution in [0.2, 0.25) is 0 Å². The molecule has 2 amide bonds. The van der Waals surface area contributed by atoms with Crippen molar-refractivity contribution in [2.45, 2.75) is 51.6 Å². The van der Waals surface area contributed by atoms with Crippen molar-refractivity contribution >= 4 is 23.0 Å². The summed E-state index contributed by atoms with van der Waals surface area (Å²) in [6.07, 6.45) is 8.32. The van der Waals surface area contributed by atoms with Crippen molar-refractivity contribution in [3.8, 4) is 0 Å². The van der Waals surface area contributed by atoms with Crippen LogP contribution in [0, 0.1) is 0 Å². The summed E-state index contributed by atoms with van der Waals surface area (Å²) in [5, 5.41) is 2.88. The zero-order chi connectivity index (χ0) is 18.7. The molecule has 138 valence electrons. The fraction of sp³-hybridized carbons (Fsp3) is 0.474. The third-order valence-electron chi connectivity index (χ3n) is 4.66. The van der Waals surface area contributed by atoms with Crippen LogP contribution in [0.3, 0.4) is 0 Å². The first kappa shape index (κ1) is 18.1. The van der Waals surface area contributed by atoms with E-state index >= 15 is 0 Å². The number of hydrogen-bond donors (Lipinski definition) is 2. The molecule has 2 aromatic rings. The number of nitrogens with one attached hydrogen (secondary N) is 2. The molecule has 1 fully saturated rings. The number of rotatable bonds is 6. The Morgan fingerprint density at radius 3 is 3.04 bits per heavy atom. The van der Waals surface area contributed by atoms with Crippen LogP contribution in [0.1, 0.15) is 49.2 Å². The molecule has 0 saturated carbocycles. The number of nitrogens with zero attached hydrogens (tertiary/aromatic N) is 3. The van der Waals surface area contributed by atoms with Crippen molar-refractivity contribution in [3.63, 3.8) is 0 Å². The lowest BCUT2D eigenvalue weighted by molar-refractivity contribution is -0.126. The smallest absolute Gasteiger partial charge is 0.255 e. The van der Waals surface area contributed by atoms with E-state index in [-0.39, 0.29) is 23.9 Å². The van der Waals surface area contributed by atoms with Crippen LogP contribution in [0.25, 0.3) is 11.2 Å². The molecule has 2 aromatic heterocycles. The molecule has 26 heavy (non-hydrogen) atoms. The van der Waals surface area contributed by atoms with E-state index in [1.54, 1.807) is 12.4 Å². The Morgan fingerprint density at radius 1 is 1.50 bits per heavy atom. The maximum atomic E-state index is 12.3. The second-order valence-electron chi connectivity index (χ2n) is 6.96. The average molecular weight is 355 g/mol. The quantitative estimate of drug-likeness (QED) is 0.777. The predicted molar refractivity (Wildman–Crippen MR) is 99.7 cm³/mol. The highest BCUT2D eigenvalue weighted by atomic mass is 16.2. The molecule has 1 saturated heterocycles. The molecule has 0 unspecified atom stereocenters. The minimum Gasteiger partial charge on any atom is -0.350 e. The Hall–Kier alpha value is -2.70. The van der Waals surface area contributed by atoms with Crippen LogP contribution >= 0.6 is 0 Å². The molecule has 7 nitrogen and oxygen atoms in total. The maximum absolute atomic E-state index is 12.3. The van der Waals surface area contributed by atoms with E-state index in [1.165, 1.54) is 6.08 Å². The number of H-pyrrole nitrogens is 1. The molecule has 0 bridgehead atoms. The third-order valence-corrected chi connectivity index (χ3v) is 4.66. The lowest BCUT2D eigenvalue weighted by Crippen LogP contribution is -2.34. The van der Waals surface area contributed by atoms with Crippen LogP contribution in [0.4, 0.5) is 0 Å². The number of carbonyl (C=O) groups is 2. The van der Waals surface area contributed by atoms with Crippen molar-refractivity contribution in [1.29, 1.82) is 0 Å². The van der Waals surface area contributed by atoms with Crippen LogP contribution in [-0.2, 0) is 11.2 Å². The van der Waals surface area contributed by atoms with Gasteiger partial charge in [0.15, 0.2) is 5.65 Å². The van der Waals surface area contributed by atoms with Gasteiger partial charge in [-0.15, -0.1) is 0 Å². The molecule has 3 heterocycles. The average Bonchev–Trinajstić information content (AvgIpc) is 3.25. The van der Waals surface area contributed by atoms with Crippen molar-refractivity contribution in [3.05, 3.63) is 36.3 Å². The summed E-state index contributed by atoms with van der Waals surface area (Å²) in [7, 11) is 0. The molecule has 1 atom stereocenters. The van der Waals surface area contributed by atoms with Crippen molar-refractivity contribution in [2.24, 2.45) is 0 Å². The number of amides is 2. The molecular weight excluding hydrogens is 330 g/mol. The standard InChI is InChI=1S/C19H25N5O2/c1-4-16(25)24-9-5-6-14(24)8-7-13-10-20-18-17(23-13)15(11-21-18)19(26)22-12(2)3/h4,10-12,14H,1,5-9H2,2-3H3,(H,20,21)(H,22,26)/t14-/m0/s1. The Kier molecular flexibility index (Phi) is 5.35. The van der Waals surface area contributed by atoms with Gasteiger partial charge in [0.1, 0.15) is 5.52 Å². The number of aromatic amines is 1. The van der Waals surface area contributed by atoms with E-state index in [1.807, 2.05) is 18.7 Å². The molecular formula is C19H25N5O2. The number of aromatic nitrogens is 3. The van der Waals surface area contributed by atoms with Crippen LogP contribution in [0.15, 0.2) is 25.0 Å². The minimum atomic E-state index is -0.156. The van der Waals surface area contributed by atoms with Crippen LogP contribution in [0.5, 0.6) is 0 Å². The van der Waals surface area contributed by atoms with Gasteiger partial charge in [-0.3, -0.25) is 9.59 Å². The number of fused-ring (bicyclic) bond motifs is 1. The minimum absolute atomic E-state index is 0.00712. The van der Waals surface area contributed by atoms with E-state index in [9.17, 15) is 9.59 Å². The molecule has 0 aliphatic carbocycles. The van der Waals surface area contributed by atoms with Crippen molar-refractivity contribution in [1.82, 2.24) is 25.2 Å². The predicted octanol–water partition coefficient (Wildman–Crippen LogP) is 2.21. The van der Waals surface area contributed by atoms with E-state index in [2.05, 4.69) is 26.8 Å². The zero-order valence-electron chi connectivity index (χ0n) is 15.3. The van der Waals surface area contributed by atoms with E-state index in [0.717, 1.165) is 31.5 Å². The van der Waals surface area contributed by atoms with Gasteiger partial charge in [-0.25, -0.2) is 9.97 Å². The first-order valence-corrected chi connectivity index (χ1v) is 9.06. The Bertz CT molecular complexity index is 826. The monoisotopic (exact) mass is 355 g/mol. The van der Waals surface area contributed by atoms with E-state index in [0.29, 0.717) is 23.1 Å². The normalized spacial score (nSPS) is 17.0. The van der Waals surface area contributed by atoms with Gasteiger partial charge in [0.05, 0.1) is 17.5 Å². The van der Waals surface area contributed by atoms with E-state index < -0.39 is 0 Å². The van der Waals surface area contributed by atoms with Gasteiger partial charge in [-0.1, -0.05) is 6.58 Å². The van der Waals surface area contributed by atoms with Gasteiger partial charge in [0, 0.05) is 24.8 Å². The summed E-state index contributed by atoms with van der Waals surface area (Å²) in [5.74, 6) is -0.163. The second-order valence-corrected chi connectivity index (χ2v) is 6.96. The van der Waals surface area contributed by atoms with Gasteiger partial charge in [0.2, 0.25) is 5.91 Å². The SMILES string of the molecule is C=CC(=O)N1CCC[C@H]1CCc1cnc2[nH]cc(C(=O)NC(C)C)c2n1. The molecule has 0 radical (unpaired) electrons. The lowest BCUT2D eigenvalue weighted by Gasteiger charge is -2.23. The van der Waals surface area contributed by atoms with Gasteiger partial charge < -0.3 is 15.2 Å². The molecule has 0 aromatic carbocycles. The highest BCUT2D eigenvalue weighted by Crippen LogP contribution is 2.22. The first-order chi connectivity index (χ1) is 12.5. The second kappa shape index (κ2) is 7.68. The lowest BCUT2D eigenvalue weighted by atomic mass is 10.1. The number of likely N-dealkylation sites (tertiary alicyclic amines) is 1. The number of aryl methyl sites for hydroxylation is 1. The van der Waals surface area contributed by atoms with Gasteiger partial charge in [0.25, 0.3) is 5.91 Å². The fourth-order valence-corrected chi connectivity index (χ4v) is 3.42. The maximum Gasteiger partial charge on any atom is 0.255 e. The Morgan fingerprint density at radius 2 is 2.31 bits per heavy atom. The molecule has 2 N–H and O–H groups in total. The highest BCUT2D eigenvalue weighted by molar-refractivity contribution is 6.04. The summed E-state index contributed by atoms with van der Waals surface area (Å²) >= 11 is 0. The largest absolute Gasteiger partial charge is 0.350 e. The third kappa shape index (κ3) is 3.76. The van der Waals surface area contributed by atoms with Crippen molar-refractivity contribution in [2.75, 3.05) is 6.54 Å². The fourth-order valence-electron chi connectivity index (χ4n) is 3.42. The summed E-state index contributed by atoms with van der Waals surface area (Å²) in [4.78, 5) is 38.1. The number of hydrogen-bond acceptors (Lipinski definition) is 4. The van der Waals surface area contributed by atoms with E-state index in [4.69, 9.17) is 0 Å². The van der Waals surface area contributed by atoms with Gasteiger partial charge in [-0.05, 0) is 45.6 Å². The highest BCUT2D eigenvalue weighted by Gasteiger charge is 2.27. The molecule has 0 spiro atoms. The molecule has 1 aliphatic rings. The summed E-state index contributed by atoms with van der Waals surface area (Å²) in [6, 6.07) is 0.271. The molecule has 7 heteroatoms. The first-order valence-electron chi connectivity index (χ1n) is 9.06. The van der Waals surface area contributed by atoms with Crippen LogP contribution < -0.4 is 5.32 Å². The van der Waals surface area contributed by atoms with Gasteiger partial charge in [-0.2, -0.15) is 0 Å². The van der Waals surface area contributed by atoms with Crippen molar-refractivity contribution < 1.29 is 9.59 Å². The van der Waals surface area contributed by atoms with Crippen LogP contribution in [-0.4, -0.2) is 50.3 Å². The summed E-state index contributed by atoms with van der Waals surface area (Å²) in [6.45, 7) is 8.20. The van der Waals surface area contributed by atoms with Gasteiger partial charge >= 0.3 is 0 Å². The number of carbonyl (C=O) groups excluding carboxylic acids is 2. The Balaban J connectivity index is 1.73. The zero-order valence-corrected chi connectivity index (χ0v) is 15.3. The summed E-state index contributed by atoms with van der Waals surface area (Å²) < 4.78 is 0. The topological polar surface area (TPSA) is 91.0 Å². The Labute approximate surface area is 152 Å². The molecule has 3 rings (SSSR count). The molecule has 1 aliphatic heterocycles.